The molecule has 0 saturated carbocycles. The molecule has 5 rings (SSSR count). The number of anilines is 1. The molecule has 2 heterocycles. The zero-order valence-corrected chi connectivity index (χ0v) is 19.7. The maximum Gasteiger partial charge on any atom is 0.242 e. The first-order valence-electron chi connectivity index (χ1n) is 11.3. The normalized spacial score (nSPS) is 15.8. The smallest absolute Gasteiger partial charge is 0.242 e. The number of nitrogens with zero attached hydrogens (tertiary/aromatic N) is 4. The number of imidazole rings is 1. The first kappa shape index (κ1) is 22.2. The van der Waals surface area contributed by atoms with Crippen LogP contribution in [0.15, 0.2) is 78.9 Å². The van der Waals surface area contributed by atoms with Gasteiger partial charge in [-0.15, -0.1) is 0 Å². The molecule has 3 aromatic carbocycles. The average molecular weight is 473 g/mol. The van der Waals surface area contributed by atoms with E-state index in [0.717, 1.165) is 28.1 Å². The molecule has 6 nitrogen and oxygen atoms in total. The summed E-state index contributed by atoms with van der Waals surface area (Å²) < 4.78 is 1.97. The van der Waals surface area contributed by atoms with Gasteiger partial charge in [-0.1, -0.05) is 54.1 Å². The fraction of sp³-hybridized carbons (Fsp3) is 0.222. The van der Waals surface area contributed by atoms with Crippen molar-refractivity contribution in [3.8, 4) is 0 Å². The number of aromatic nitrogens is 2. The molecular formula is C27H25ClN4O2. The monoisotopic (exact) mass is 472 g/mol. The van der Waals surface area contributed by atoms with Crippen LogP contribution in [0.3, 0.4) is 0 Å². The maximum absolute atomic E-state index is 13.2. The van der Waals surface area contributed by atoms with E-state index in [2.05, 4.69) is 0 Å². The van der Waals surface area contributed by atoms with Gasteiger partial charge in [0.25, 0.3) is 0 Å². The van der Waals surface area contributed by atoms with E-state index in [1.54, 1.807) is 21.9 Å². The summed E-state index contributed by atoms with van der Waals surface area (Å²) in [7, 11) is 1.81. The van der Waals surface area contributed by atoms with E-state index in [9.17, 15) is 9.59 Å². The zero-order valence-electron chi connectivity index (χ0n) is 18.9. The minimum absolute atomic E-state index is 0.00728. The van der Waals surface area contributed by atoms with Crippen molar-refractivity contribution in [2.75, 3.05) is 18.5 Å². The van der Waals surface area contributed by atoms with Crippen LogP contribution in [-0.4, -0.2) is 39.9 Å². The topological polar surface area (TPSA) is 58.4 Å². The number of hydrogen-bond donors (Lipinski definition) is 0. The molecule has 1 atom stereocenters. The van der Waals surface area contributed by atoms with Gasteiger partial charge in [0.15, 0.2) is 0 Å². The molecule has 0 bridgehead atoms. The molecule has 34 heavy (non-hydrogen) atoms. The van der Waals surface area contributed by atoms with Gasteiger partial charge in [0.2, 0.25) is 11.8 Å². The van der Waals surface area contributed by atoms with Crippen LogP contribution in [0.1, 0.15) is 23.7 Å². The summed E-state index contributed by atoms with van der Waals surface area (Å²) in [5.74, 6) is 0.695. The lowest BCUT2D eigenvalue weighted by Gasteiger charge is -2.20. The Kier molecular flexibility index (Phi) is 6.07. The Balaban J connectivity index is 1.42. The lowest BCUT2D eigenvalue weighted by Crippen LogP contribution is -2.30. The van der Waals surface area contributed by atoms with Gasteiger partial charge in [-0.05, 0) is 42.0 Å². The third kappa shape index (κ3) is 4.41. The summed E-state index contributed by atoms with van der Waals surface area (Å²) >= 11 is 6.02. The second-order valence-corrected chi connectivity index (χ2v) is 9.10. The Morgan fingerprint density at radius 2 is 1.74 bits per heavy atom. The number of likely N-dealkylation sites (N-methyl/N-ethyl adjacent to an activating group) is 1. The molecule has 1 aromatic heterocycles. The minimum atomic E-state index is -0.109. The lowest BCUT2D eigenvalue weighted by atomic mass is 10.1. The van der Waals surface area contributed by atoms with E-state index in [0.29, 0.717) is 24.5 Å². The predicted molar refractivity (Wildman–Crippen MR) is 134 cm³/mol. The molecule has 1 fully saturated rings. The highest BCUT2D eigenvalue weighted by Gasteiger charge is 2.35. The van der Waals surface area contributed by atoms with Crippen molar-refractivity contribution in [1.29, 1.82) is 0 Å². The SMILES string of the molecule is CN(Cc1ccccc1)C(=O)Cn1c(C2CC(=O)N(c3ccc(Cl)cc3)C2)nc2ccccc21. The third-order valence-electron chi connectivity index (χ3n) is 6.29. The van der Waals surface area contributed by atoms with E-state index in [-0.39, 0.29) is 24.3 Å². The van der Waals surface area contributed by atoms with Crippen LogP contribution in [0.25, 0.3) is 11.0 Å². The predicted octanol–water partition coefficient (Wildman–Crippen LogP) is 4.87. The number of benzene rings is 3. The standard InChI is InChI=1S/C27H25ClN4O2/c1-30(16-19-7-3-2-4-8-19)26(34)18-32-24-10-6-5-9-23(24)29-27(32)20-15-25(33)31(17-20)22-13-11-21(28)12-14-22/h2-14,20H,15-18H2,1H3. The number of hydrogen-bond acceptors (Lipinski definition) is 3. The van der Waals surface area contributed by atoms with Crippen LogP contribution in [-0.2, 0) is 22.7 Å². The molecule has 2 amide bonds. The molecule has 0 spiro atoms. The summed E-state index contributed by atoms with van der Waals surface area (Å²) in [6, 6.07) is 25.0. The Bertz CT molecular complexity index is 1330. The summed E-state index contributed by atoms with van der Waals surface area (Å²) in [4.78, 5) is 34.4. The number of halogens is 1. The van der Waals surface area contributed by atoms with Crippen molar-refractivity contribution in [2.45, 2.75) is 25.4 Å². The minimum Gasteiger partial charge on any atom is -0.340 e. The molecule has 0 N–H and O–H groups in total. The molecular weight excluding hydrogens is 448 g/mol. The second kappa shape index (κ2) is 9.31. The highest BCUT2D eigenvalue weighted by Crippen LogP contribution is 2.33. The molecule has 4 aromatic rings. The van der Waals surface area contributed by atoms with Gasteiger partial charge >= 0.3 is 0 Å². The number of fused-ring (bicyclic) bond motifs is 1. The van der Waals surface area contributed by atoms with Gasteiger partial charge in [0.1, 0.15) is 12.4 Å². The third-order valence-corrected chi connectivity index (χ3v) is 6.55. The number of rotatable bonds is 6. The number of amides is 2. The van der Waals surface area contributed by atoms with Crippen molar-refractivity contribution in [2.24, 2.45) is 0 Å². The number of carbonyl (C=O) groups is 2. The van der Waals surface area contributed by atoms with Gasteiger partial charge in [-0.3, -0.25) is 9.59 Å². The van der Waals surface area contributed by atoms with Crippen LogP contribution in [0.5, 0.6) is 0 Å². The summed E-state index contributed by atoms with van der Waals surface area (Å²) in [6.45, 7) is 1.22. The quantitative estimate of drug-likeness (QED) is 0.402. The molecule has 1 saturated heterocycles. The van der Waals surface area contributed by atoms with Crippen molar-refractivity contribution < 1.29 is 9.59 Å². The van der Waals surface area contributed by atoms with Gasteiger partial charge in [-0.2, -0.15) is 0 Å². The van der Waals surface area contributed by atoms with Crippen LogP contribution in [0.4, 0.5) is 5.69 Å². The maximum atomic E-state index is 13.2. The molecule has 172 valence electrons. The summed E-state index contributed by atoms with van der Waals surface area (Å²) in [5.41, 5.74) is 3.62. The fourth-order valence-corrected chi connectivity index (χ4v) is 4.65. The molecule has 0 aliphatic carbocycles. The van der Waals surface area contributed by atoms with Crippen LogP contribution >= 0.6 is 11.6 Å². The highest BCUT2D eigenvalue weighted by molar-refractivity contribution is 6.30. The molecule has 1 unspecified atom stereocenters. The molecule has 0 radical (unpaired) electrons. The van der Waals surface area contributed by atoms with Crippen molar-refractivity contribution >= 4 is 40.1 Å². The van der Waals surface area contributed by atoms with Crippen molar-refractivity contribution in [3.63, 3.8) is 0 Å². The largest absolute Gasteiger partial charge is 0.340 e. The van der Waals surface area contributed by atoms with Crippen LogP contribution in [0.2, 0.25) is 5.02 Å². The lowest BCUT2D eigenvalue weighted by molar-refractivity contribution is -0.131. The number of para-hydroxylation sites is 2. The first-order valence-corrected chi connectivity index (χ1v) is 11.7. The number of carbonyl (C=O) groups excluding carboxylic acids is 2. The Labute approximate surface area is 203 Å². The Hall–Kier alpha value is -3.64. The molecule has 7 heteroatoms. The Morgan fingerprint density at radius 3 is 2.50 bits per heavy atom. The first-order chi connectivity index (χ1) is 16.5. The van der Waals surface area contributed by atoms with Gasteiger partial charge in [0, 0.05) is 43.2 Å². The van der Waals surface area contributed by atoms with E-state index in [1.807, 2.05) is 78.3 Å². The van der Waals surface area contributed by atoms with Gasteiger partial charge in [-0.25, -0.2) is 4.98 Å². The van der Waals surface area contributed by atoms with Crippen molar-refractivity contribution in [1.82, 2.24) is 14.5 Å². The van der Waals surface area contributed by atoms with E-state index >= 15 is 0 Å². The zero-order chi connectivity index (χ0) is 23.7. The molecule has 1 aliphatic rings. The second-order valence-electron chi connectivity index (χ2n) is 8.66. The Morgan fingerprint density at radius 1 is 1.03 bits per heavy atom. The average Bonchev–Trinajstić information content (AvgIpc) is 3.41. The highest BCUT2D eigenvalue weighted by atomic mass is 35.5. The van der Waals surface area contributed by atoms with Crippen molar-refractivity contribution in [3.05, 3.63) is 95.3 Å². The van der Waals surface area contributed by atoms with Gasteiger partial charge in [0.05, 0.1) is 11.0 Å². The van der Waals surface area contributed by atoms with E-state index < -0.39 is 0 Å². The van der Waals surface area contributed by atoms with E-state index in [1.165, 1.54) is 0 Å². The van der Waals surface area contributed by atoms with Crippen LogP contribution < -0.4 is 4.90 Å². The van der Waals surface area contributed by atoms with Crippen LogP contribution in [0, 0.1) is 0 Å². The fourth-order valence-electron chi connectivity index (χ4n) is 4.52. The van der Waals surface area contributed by atoms with E-state index in [4.69, 9.17) is 16.6 Å². The van der Waals surface area contributed by atoms with Gasteiger partial charge < -0.3 is 14.4 Å². The summed E-state index contributed by atoms with van der Waals surface area (Å²) in [5, 5.41) is 0.631. The molecule has 1 aliphatic heterocycles. The summed E-state index contributed by atoms with van der Waals surface area (Å²) in [6.07, 6.45) is 0.347.